The van der Waals surface area contributed by atoms with Gasteiger partial charge in [0, 0.05) is 24.8 Å². The molecule has 224 valence electrons. The first-order valence-electron chi connectivity index (χ1n) is 15.1. The molecular weight excluding hydrogens is 482 g/mol. The summed E-state index contributed by atoms with van der Waals surface area (Å²) in [6.07, 6.45) is 30.1. The van der Waals surface area contributed by atoms with Crippen LogP contribution in [0.1, 0.15) is 101 Å². The number of nitrogens with zero attached hydrogens (tertiary/aromatic N) is 1. The molecule has 2 amide bonds. The van der Waals surface area contributed by atoms with Crippen LogP contribution < -0.4 is 10.6 Å². The normalized spacial score (nSPS) is 18.9. The van der Waals surface area contributed by atoms with Gasteiger partial charge in [0.1, 0.15) is 0 Å². The minimum Gasteiger partial charge on any atom is -0.392 e. The van der Waals surface area contributed by atoms with E-state index in [0.29, 0.717) is 12.5 Å². The Labute approximate surface area is 242 Å². The first-order valence-corrected chi connectivity index (χ1v) is 15.1. The van der Waals surface area contributed by atoms with Crippen LogP contribution in [-0.4, -0.2) is 47.8 Å². The zero-order chi connectivity index (χ0) is 30.5. The van der Waals surface area contributed by atoms with Crippen molar-refractivity contribution in [3.05, 3.63) is 59.9 Å². The summed E-state index contributed by atoms with van der Waals surface area (Å²) >= 11 is 0. The maximum Gasteiger partial charge on any atom is 0.319 e. The summed E-state index contributed by atoms with van der Waals surface area (Å²) < 4.78 is 0. The maximum atomic E-state index is 12.2. The van der Waals surface area contributed by atoms with Gasteiger partial charge >= 0.3 is 6.03 Å². The van der Waals surface area contributed by atoms with Crippen LogP contribution in [0.15, 0.2) is 59.9 Å². The smallest absolute Gasteiger partial charge is 0.319 e. The van der Waals surface area contributed by atoms with Crippen molar-refractivity contribution >= 4 is 6.03 Å². The molecule has 0 radical (unpaired) electrons. The fourth-order valence-corrected chi connectivity index (χ4v) is 4.28. The topological polar surface area (TPSA) is 64.6 Å². The highest BCUT2D eigenvalue weighted by atomic mass is 16.3. The van der Waals surface area contributed by atoms with E-state index in [1.807, 2.05) is 65.8 Å². The number of hydrogen-bond acceptors (Lipinski definition) is 3. The van der Waals surface area contributed by atoms with E-state index >= 15 is 0 Å². The number of piperidine rings is 1. The van der Waals surface area contributed by atoms with Gasteiger partial charge in [0.25, 0.3) is 0 Å². The van der Waals surface area contributed by atoms with Gasteiger partial charge in [-0.15, -0.1) is 12.8 Å². The highest BCUT2D eigenvalue weighted by Crippen LogP contribution is 2.30. The monoisotopic (exact) mass is 543 g/mol. The lowest BCUT2D eigenvalue weighted by Gasteiger charge is -2.41. The quantitative estimate of drug-likeness (QED) is 0.125. The number of terminal acetylenes is 1. The van der Waals surface area contributed by atoms with E-state index in [1.54, 1.807) is 0 Å². The second-order valence-electron chi connectivity index (χ2n) is 8.80. The van der Waals surface area contributed by atoms with Crippen molar-refractivity contribution in [2.24, 2.45) is 5.92 Å². The van der Waals surface area contributed by atoms with Gasteiger partial charge in [-0.2, -0.15) is 0 Å². The molecular formula is C34H61N3O2. The molecule has 0 aliphatic carbocycles. The summed E-state index contributed by atoms with van der Waals surface area (Å²) in [7, 11) is 0. The van der Waals surface area contributed by atoms with Gasteiger partial charge in [0.2, 0.25) is 0 Å². The minimum absolute atomic E-state index is 0.161. The molecule has 1 rings (SSSR count). The molecule has 1 fully saturated rings. The molecule has 39 heavy (non-hydrogen) atoms. The molecule has 0 bridgehead atoms. The van der Waals surface area contributed by atoms with E-state index in [-0.39, 0.29) is 18.2 Å². The number of rotatable bonds is 13. The summed E-state index contributed by atoms with van der Waals surface area (Å²) in [5.74, 6) is 0.589. The molecule has 0 aromatic carbocycles. The van der Waals surface area contributed by atoms with E-state index in [9.17, 15) is 9.90 Å². The summed E-state index contributed by atoms with van der Waals surface area (Å²) in [6.45, 7) is 20.7. The van der Waals surface area contributed by atoms with Gasteiger partial charge in [0.15, 0.2) is 0 Å². The molecule has 2 unspecified atom stereocenters. The Kier molecular flexibility index (Phi) is 31.5. The first kappa shape index (κ1) is 40.9. The zero-order valence-electron chi connectivity index (χ0n) is 26.7. The highest BCUT2D eigenvalue weighted by Gasteiger charge is 2.31. The molecule has 1 aliphatic heterocycles. The standard InChI is InChI=1S/C28H47N3O2.2C2H6.C2H2/c1-6-10-12-15-24(9-4)21-25-17-20-31(27(22-25)23(5)32)19-13-18-29-28(33)30-26(14-8-3)16-11-7-2;3*1-2/h6,9-12,14-16,23,25,27,32H,7-8,13,17-22H2,1-5H3,(H2,29,30,33);2*1-2H3;1-2H/b10-6-,15-12-,16-11-,24-9+,26-14+;;;/t23?,25-,27?;;;/m1.../s1. The van der Waals surface area contributed by atoms with Gasteiger partial charge in [-0.3, -0.25) is 4.90 Å². The fraction of sp³-hybridized carbons (Fsp3) is 0.618. The SMILES string of the molecule is C#C.CC.CC.C\C=C/C=C\C(=C/C)C[C@H]1CCN(CCCNC(=O)NC(/C=C\CC)=C/CC)C(C(C)O)C1. The van der Waals surface area contributed by atoms with Gasteiger partial charge in [-0.25, -0.2) is 4.79 Å². The third-order valence-electron chi connectivity index (χ3n) is 6.06. The van der Waals surface area contributed by atoms with Gasteiger partial charge in [-0.1, -0.05) is 89.6 Å². The Balaban J connectivity index is -0.00000201. The van der Waals surface area contributed by atoms with Crippen molar-refractivity contribution in [2.45, 2.75) is 113 Å². The molecule has 3 atom stereocenters. The zero-order valence-corrected chi connectivity index (χ0v) is 26.7. The predicted octanol–water partition coefficient (Wildman–Crippen LogP) is 8.17. The molecule has 5 nitrogen and oxygen atoms in total. The molecule has 0 saturated carbocycles. The van der Waals surface area contributed by atoms with Crippen molar-refractivity contribution in [1.29, 1.82) is 0 Å². The average molecular weight is 544 g/mol. The Morgan fingerprint density at radius 3 is 2.28 bits per heavy atom. The van der Waals surface area contributed by atoms with Crippen LogP contribution in [0.4, 0.5) is 4.79 Å². The van der Waals surface area contributed by atoms with E-state index in [0.717, 1.165) is 57.3 Å². The van der Waals surface area contributed by atoms with E-state index in [1.165, 1.54) is 5.57 Å². The summed E-state index contributed by atoms with van der Waals surface area (Å²) in [6, 6.07) is 0.0135. The van der Waals surface area contributed by atoms with E-state index < -0.39 is 0 Å². The lowest BCUT2D eigenvalue weighted by atomic mass is 9.84. The molecule has 1 aliphatic rings. The predicted molar refractivity (Wildman–Crippen MR) is 174 cm³/mol. The second kappa shape index (κ2) is 30.0. The third kappa shape index (κ3) is 21.0. The summed E-state index contributed by atoms with van der Waals surface area (Å²) in [4.78, 5) is 14.6. The van der Waals surface area contributed by atoms with E-state index in [2.05, 4.69) is 73.5 Å². The van der Waals surface area contributed by atoms with Crippen molar-refractivity contribution in [1.82, 2.24) is 15.5 Å². The average Bonchev–Trinajstić information content (AvgIpc) is 2.97. The maximum absolute atomic E-state index is 12.2. The van der Waals surface area contributed by atoms with E-state index in [4.69, 9.17) is 0 Å². The number of allylic oxidation sites excluding steroid dienone is 9. The van der Waals surface area contributed by atoms with Crippen LogP contribution in [0.3, 0.4) is 0 Å². The van der Waals surface area contributed by atoms with Crippen LogP contribution >= 0.6 is 0 Å². The highest BCUT2D eigenvalue weighted by molar-refractivity contribution is 5.76. The number of carbonyl (C=O) groups excluding carboxylic acids is 1. The number of nitrogens with one attached hydrogen (secondary N) is 2. The number of likely N-dealkylation sites (tertiary alicyclic amines) is 1. The fourth-order valence-electron chi connectivity index (χ4n) is 4.28. The van der Waals surface area contributed by atoms with Crippen LogP contribution in [0, 0.1) is 18.8 Å². The lowest BCUT2D eigenvalue weighted by Crippen LogP contribution is -2.49. The Morgan fingerprint density at radius 2 is 1.74 bits per heavy atom. The Hall–Kier alpha value is -2.55. The number of urea groups is 1. The molecule has 0 spiro atoms. The van der Waals surface area contributed by atoms with Crippen molar-refractivity contribution in [2.75, 3.05) is 19.6 Å². The molecule has 0 aromatic rings. The van der Waals surface area contributed by atoms with Crippen molar-refractivity contribution in [3.63, 3.8) is 0 Å². The number of aliphatic hydroxyl groups excluding tert-OH is 1. The number of aliphatic hydroxyl groups is 1. The summed E-state index contributed by atoms with van der Waals surface area (Å²) in [5.41, 5.74) is 2.20. The first-order chi connectivity index (χ1) is 18.9. The van der Waals surface area contributed by atoms with Crippen LogP contribution in [0.25, 0.3) is 0 Å². The van der Waals surface area contributed by atoms with Crippen LogP contribution in [-0.2, 0) is 0 Å². The van der Waals surface area contributed by atoms with Crippen molar-refractivity contribution < 1.29 is 9.90 Å². The number of carbonyl (C=O) groups is 1. The largest absolute Gasteiger partial charge is 0.392 e. The molecule has 0 aromatic heterocycles. The van der Waals surface area contributed by atoms with Crippen LogP contribution in [0.5, 0.6) is 0 Å². The molecule has 5 heteroatoms. The Morgan fingerprint density at radius 1 is 1.08 bits per heavy atom. The third-order valence-corrected chi connectivity index (χ3v) is 6.06. The lowest BCUT2D eigenvalue weighted by molar-refractivity contribution is 0.0178. The van der Waals surface area contributed by atoms with Crippen LogP contribution in [0.2, 0.25) is 0 Å². The van der Waals surface area contributed by atoms with Crippen molar-refractivity contribution in [3.8, 4) is 12.8 Å². The van der Waals surface area contributed by atoms with Gasteiger partial charge in [-0.05, 0) is 77.8 Å². The van der Waals surface area contributed by atoms with Gasteiger partial charge < -0.3 is 15.7 Å². The van der Waals surface area contributed by atoms with Gasteiger partial charge in [0.05, 0.1) is 6.10 Å². The Bertz CT molecular complexity index is 745. The number of hydrogen-bond donors (Lipinski definition) is 3. The molecule has 1 saturated heterocycles. The second-order valence-corrected chi connectivity index (χ2v) is 8.80. The number of amides is 2. The molecule has 1 heterocycles. The molecule has 3 N–H and O–H groups in total. The summed E-state index contributed by atoms with van der Waals surface area (Å²) in [5, 5.41) is 16.3. The minimum atomic E-state index is -0.358.